The SMILES string of the molecule is CCOC(=O)/C=C(/C(=O)OCC)c1ccc2c(c1O)C(=O)c1ccc3c(C(C(=O)OCC)=P(c4ccccc4)(c4ccccc4)c4ccccc4)c(O)oc3c1C2=O. The van der Waals surface area contributed by atoms with E-state index < -0.39 is 53.6 Å². The van der Waals surface area contributed by atoms with Gasteiger partial charge in [-0.1, -0.05) is 91.0 Å². The molecule has 0 amide bonds. The maximum Gasteiger partial charge on any atom is 0.340 e. The highest BCUT2D eigenvalue weighted by Crippen LogP contribution is 2.51. The molecule has 0 unspecified atom stereocenters. The number of hydrogen-bond donors (Lipinski definition) is 2. The van der Waals surface area contributed by atoms with E-state index in [4.69, 9.17) is 18.6 Å². The van der Waals surface area contributed by atoms with Crippen molar-refractivity contribution in [2.24, 2.45) is 0 Å². The summed E-state index contributed by atoms with van der Waals surface area (Å²) in [6, 6.07) is 33.6. The lowest BCUT2D eigenvalue weighted by atomic mass is 9.81. The fourth-order valence-electron chi connectivity index (χ4n) is 7.44. The van der Waals surface area contributed by atoms with Gasteiger partial charge in [-0.15, -0.1) is 0 Å². The molecule has 1 aliphatic carbocycles. The second-order valence-electron chi connectivity index (χ2n) is 13.0. The van der Waals surface area contributed by atoms with Crippen LogP contribution in [0, 0.1) is 0 Å². The first-order valence-corrected chi connectivity index (χ1v) is 20.3. The summed E-state index contributed by atoms with van der Waals surface area (Å²) in [7, 11) is 0. The molecule has 1 aliphatic rings. The second-order valence-corrected chi connectivity index (χ2v) is 16.3. The number of ketones is 2. The maximum atomic E-state index is 14.7. The van der Waals surface area contributed by atoms with Crippen LogP contribution in [0.4, 0.5) is 0 Å². The molecule has 2 N–H and O–H groups in total. The molecule has 12 heteroatoms. The van der Waals surface area contributed by atoms with Gasteiger partial charge in [0.05, 0.1) is 47.4 Å². The topological polar surface area (TPSA) is 167 Å². The number of aromatic hydroxyl groups is 2. The van der Waals surface area contributed by atoms with Gasteiger partial charge in [-0.05, 0) is 67.8 Å². The van der Waals surface area contributed by atoms with Crippen molar-refractivity contribution in [1.82, 2.24) is 0 Å². The average Bonchev–Trinajstić information content (AvgIpc) is 3.56. The van der Waals surface area contributed by atoms with Crippen LogP contribution in [0.25, 0.3) is 16.5 Å². The summed E-state index contributed by atoms with van der Waals surface area (Å²) in [6.07, 6.45) is 0.851. The van der Waals surface area contributed by atoms with E-state index >= 15 is 0 Å². The molecule has 0 aliphatic heterocycles. The molecular weight excluding hydrogens is 759 g/mol. The minimum absolute atomic E-state index is 0.00596. The molecule has 6 aromatic rings. The number of hydrogen-bond acceptors (Lipinski definition) is 11. The maximum absolute atomic E-state index is 14.7. The highest BCUT2D eigenvalue weighted by atomic mass is 31.2. The van der Waals surface area contributed by atoms with Crippen molar-refractivity contribution in [2.75, 3.05) is 19.8 Å². The summed E-state index contributed by atoms with van der Waals surface area (Å²) in [5, 5.41) is 26.1. The molecule has 0 saturated heterocycles. The molecule has 5 aromatic carbocycles. The first kappa shape index (κ1) is 39.3. The molecule has 0 atom stereocenters. The Labute approximate surface area is 333 Å². The molecule has 0 saturated carbocycles. The summed E-state index contributed by atoms with van der Waals surface area (Å²) in [4.78, 5) is 68.9. The van der Waals surface area contributed by atoms with Crippen LogP contribution in [-0.2, 0) is 28.6 Å². The molecule has 7 rings (SSSR count). The van der Waals surface area contributed by atoms with E-state index in [1.807, 2.05) is 91.0 Å². The van der Waals surface area contributed by atoms with Gasteiger partial charge in [-0.2, -0.15) is 0 Å². The minimum Gasteiger partial charge on any atom is -0.506 e. The van der Waals surface area contributed by atoms with Crippen molar-refractivity contribution < 1.29 is 52.8 Å². The fourth-order valence-corrected chi connectivity index (χ4v) is 11.9. The van der Waals surface area contributed by atoms with E-state index in [2.05, 4.69) is 0 Å². The van der Waals surface area contributed by atoms with E-state index in [1.54, 1.807) is 20.8 Å². The molecular formula is C46H37O11P. The summed E-state index contributed by atoms with van der Waals surface area (Å²) in [6.45, 7) is 1.52. The third kappa shape index (κ3) is 6.49. The third-order valence-electron chi connectivity index (χ3n) is 9.77. The number of furan rings is 1. The van der Waals surface area contributed by atoms with Gasteiger partial charge in [0.25, 0.3) is 5.95 Å². The second kappa shape index (κ2) is 16.3. The zero-order valence-electron chi connectivity index (χ0n) is 31.7. The standard InChI is InChI=1S/C46H37O11P/c1-4-54-35(47)26-34(44(51)55-5-2)30-22-23-31-36(39(30)48)40(49)32-24-25-33-38(45(52)57-42(33)37(32)41(31)50)43(46(53)56-6-3)58(27-16-10-7-11-17-27,28-18-12-8-13-19-28)29-20-14-9-15-21-29/h7-26,48,52H,4-6H2,1-3H3/b34-26+. The van der Waals surface area contributed by atoms with Gasteiger partial charge in [0.2, 0.25) is 0 Å². The van der Waals surface area contributed by atoms with Gasteiger partial charge in [0, 0.05) is 28.2 Å². The number of phenolic OH excluding ortho intramolecular Hbond substituents is 1. The predicted molar refractivity (Wildman–Crippen MR) is 220 cm³/mol. The lowest BCUT2D eigenvalue weighted by Gasteiger charge is -2.32. The normalized spacial score (nSPS) is 12.4. The van der Waals surface area contributed by atoms with Gasteiger partial charge in [-0.3, -0.25) is 9.59 Å². The van der Waals surface area contributed by atoms with Gasteiger partial charge in [0.1, 0.15) is 5.75 Å². The van der Waals surface area contributed by atoms with Crippen LogP contribution < -0.4 is 15.9 Å². The highest BCUT2D eigenvalue weighted by Gasteiger charge is 2.41. The van der Waals surface area contributed by atoms with Gasteiger partial charge >= 0.3 is 17.9 Å². The molecule has 1 heterocycles. The van der Waals surface area contributed by atoms with Crippen molar-refractivity contribution in [1.29, 1.82) is 0 Å². The summed E-state index contributed by atoms with van der Waals surface area (Å²) >= 11 is 0. The van der Waals surface area contributed by atoms with Crippen LogP contribution in [0.15, 0.2) is 126 Å². The molecule has 1 aromatic heterocycles. The zero-order chi connectivity index (χ0) is 41.1. The average molecular weight is 797 g/mol. The molecule has 0 spiro atoms. The van der Waals surface area contributed by atoms with Crippen molar-refractivity contribution in [3.63, 3.8) is 0 Å². The van der Waals surface area contributed by atoms with Crippen LogP contribution in [-0.4, -0.2) is 64.8 Å². The number of esters is 3. The van der Waals surface area contributed by atoms with E-state index in [0.29, 0.717) is 0 Å². The van der Waals surface area contributed by atoms with Gasteiger partial charge < -0.3 is 28.8 Å². The number of fused-ring (bicyclic) bond motifs is 4. The number of benzene rings is 5. The van der Waals surface area contributed by atoms with Gasteiger partial charge in [-0.25, -0.2) is 14.4 Å². The van der Waals surface area contributed by atoms with Crippen molar-refractivity contribution >= 4 is 74.1 Å². The van der Waals surface area contributed by atoms with E-state index in [9.17, 15) is 34.2 Å². The fraction of sp³-hybridized carbons (Fsp3) is 0.130. The zero-order valence-corrected chi connectivity index (χ0v) is 32.6. The van der Waals surface area contributed by atoms with E-state index in [-0.39, 0.29) is 69.5 Å². The monoisotopic (exact) mass is 796 g/mol. The first-order valence-electron chi connectivity index (χ1n) is 18.5. The molecule has 0 fully saturated rings. The summed E-state index contributed by atoms with van der Waals surface area (Å²) in [5.74, 6) is -5.50. The number of carbonyl (C=O) groups is 5. The van der Waals surface area contributed by atoms with Crippen molar-refractivity contribution in [2.45, 2.75) is 20.8 Å². The molecule has 58 heavy (non-hydrogen) atoms. The number of carbonyl (C=O) groups excluding carboxylic acids is 5. The largest absolute Gasteiger partial charge is 0.506 e. The Balaban J connectivity index is 1.53. The summed E-state index contributed by atoms with van der Waals surface area (Å²) < 4.78 is 21.9. The molecule has 0 radical (unpaired) electrons. The molecule has 11 nitrogen and oxygen atoms in total. The number of rotatable bonds is 11. The summed E-state index contributed by atoms with van der Waals surface area (Å²) in [5.41, 5.74) is -1.80. The Morgan fingerprint density at radius 3 is 1.64 bits per heavy atom. The van der Waals surface area contributed by atoms with Gasteiger partial charge in [0.15, 0.2) is 17.1 Å². The quantitative estimate of drug-likeness (QED) is 0.0662. The Morgan fingerprint density at radius 2 is 1.10 bits per heavy atom. The van der Waals surface area contributed by atoms with Crippen LogP contribution in [0.2, 0.25) is 0 Å². The predicted octanol–water partition coefficient (Wildman–Crippen LogP) is 6.21. The minimum atomic E-state index is -3.27. The van der Waals surface area contributed by atoms with Crippen molar-refractivity contribution in [3.05, 3.63) is 155 Å². The Bertz CT molecular complexity index is 2610. The number of ether oxygens (including phenoxy) is 3. The van der Waals surface area contributed by atoms with Crippen LogP contribution >= 0.6 is 6.89 Å². The first-order chi connectivity index (χ1) is 28.1. The lowest BCUT2D eigenvalue weighted by molar-refractivity contribution is -0.139. The Hall–Kier alpha value is -6.97. The van der Waals surface area contributed by atoms with Crippen LogP contribution in [0.1, 0.15) is 63.7 Å². The molecule has 292 valence electrons. The Kier molecular flexibility index (Phi) is 11.0. The smallest absolute Gasteiger partial charge is 0.340 e. The third-order valence-corrected chi connectivity index (χ3v) is 14.1. The lowest BCUT2D eigenvalue weighted by Crippen LogP contribution is -2.35. The highest BCUT2D eigenvalue weighted by molar-refractivity contribution is 7.96. The van der Waals surface area contributed by atoms with Crippen LogP contribution in [0.3, 0.4) is 0 Å². The van der Waals surface area contributed by atoms with Crippen LogP contribution in [0.5, 0.6) is 11.7 Å². The van der Waals surface area contributed by atoms with E-state index in [1.165, 1.54) is 24.3 Å². The van der Waals surface area contributed by atoms with E-state index in [0.717, 1.165) is 22.0 Å². The molecule has 0 bridgehead atoms. The number of phenols is 1. The van der Waals surface area contributed by atoms with Crippen molar-refractivity contribution in [3.8, 4) is 11.7 Å². The Morgan fingerprint density at radius 1 is 0.621 bits per heavy atom.